The minimum Gasteiger partial charge on any atom is -0.207 e. The summed E-state index contributed by atoms with van der Waals surface area (Å²) in [6.07, 6.45) is -7.53. The molecule has 0 aliphatic heterocycles. The van der Waals surface area contributed by atoms with Crippen molar-refractivity contribution in [2.75, 3.05) is 0 Å². The Bertz CT molecular complexity index is 115. The molecule has 5 heteroatoms. The first-order valence-electron chi connectivity index (χ1n) is 3.21. The van der Waals surface area contributed by atoms with Crippen LogP contribution in [0.4, 0.5) is 22.0 Å². The van der Waals surface area contributed by atoms with Gasteiger partial charge in [0.25, 0.3) is 0 Å². The normalized spacial score (nSPS) is 13.6. The summed E-state index contributed by atoms with van der Waals surface area (Å²) in [7, 11) is 0. The van der Waals surface area contributed by atoms with Crippen molar-refractivity contribution in [2.24, 2.45) is 0 Å². The summed E-state index contributed by atoms with van der Waals surface area (Å²) in [6, 6.07) is 0. The minimum atomic E-state index is -4.47. The molecule has 0 spiro atoms. The summed E-state index contributed by atoms with van der Waals surface area (Å²) < 4.78 is 58.5. The molecule has 0 aromatic rings. The third-order valence-electron chi connectivity index (χ3n) is 1.29. The predicted octanol–water partition coefficient (Wildman–Crippen LogP) is 3.37. The summed E-state index contributed by atoms with van der Waals surface area (Å²) in [4.78, 5) is 0. The Kier molecular flexibility index (Phi) is 3.26. The highest BCUT2D eigenvalue weighted by atomic mass is 19.4. The van der Waals surface area contributed by atoms with Gasteiger partial charge in [-0.05, 0) is 0 Å². The molecule has 0 aliphatic carbocycles. The van der Waals surface area contributed by atoms with Crippen LogP contribution in [0.25, 0.3) is 0 Å². The highest BCUT2D eigenvalue weighted by molar-refractivity contribution is 4.65. The molecule has 11 heavy (non-hydrogen) atoms. The fourth-order valence-electron chi connectivity index (χ4n) is 0.501. The Hall–Kier alpha value is -0.350. The van der Waals surface area contributed by atoms with Gasteiger partial charge in [0.1, 0.15) is 0 Å². The van der Waals surface area contributed by atoms with Crippen LogP contribution in [0.15, 0.2) is 0 Å². The summed E-state index contributed by atoms with van der Waals surface area (Å²) in [5.41, 5.74) is 0. The van der Waals surface area contributed by atoms with Gasteiger partial charge < -0.3 is 0 Å². The van der Waals surface area contributed by atoms with E-state index in [0.717, 1.165) is 6.92 Å². The maximum Gasteiger partial charge on any atom is 0.389 e. The molecule has 0 amide bonds. The van der Waals surface area contributed by atoms with E-state index in [-0.39, 0.29) is 0 Å². The van der Waals surface area contributed by atoms with Crippen molar-refractivity contribution in [3.63, 3.8) is 0 Å². The van der Waals surface area contributed by atoms with E-state index in [2.05, 4.69) is 0 Å². The highest BCUT2D eigenvalue weighted by Gasteiger charge is 2.34. The summed E-state index contributed by atoms with van der Waals surface area (Å²) in [6.45, 7) is 1.16. The third kappa shape index (κ3) is 6.06. The summed E-state index contributed by atoms with van der Waals surface area (Å²) in [5.74, 6) is -3.17. The molecular weight excluding hydrogens is 167 g/mol. The second-order valence-electron chi connectivity index (χ2n) is 2.32. The molecule has 0 saturated carbocycles. The lowest BCUT2D eigenvalue weighted by Crippen LogP contribution is -2.19. The molecule has 0 N–H and O–H groups in total. The van der Waals surface area contributed by atoms with Gasteiger partial charge in [-0.25, -0.2) is 8.78 Å². The Balaban J connectivity index is 3.70. The van der Waals surface area contributed by atoms with Crippen molar-refractivity contribution in [1.29, 1.82) is 0 Å². The van der Waals surface area contributed by atoms with Gasteiger partial charge >= 0.3 is 6.18 Å². The topological polar surface area (TPSA) is 0 Å². The zero-order valence-corrected chi connectivity index (χ0v) is 6.01. The fraction of sp³-hybridized carbons (Fsp3) is 1.00. The molecule has 0 nitrogen and oxygen atoms in total. The zero-order valence-electron chi connectivity index (χ0n) is 6.01. The second-order valence-corrected chi connectivity index (χ2v) is 2.32. The molecule has 0 unspecified atom stereocenters. The van der Waals surface area contributed by atoms with Gasteiger partial charge in [-0.15, -0.1) is 0 Å². The number of rotatable bonds is 3. The minimum absolute atomic E-state index is 0.539. The van der Waals surface area contributed by atoms with E-state index in [1.54, 1.807) is 0 Å². The van der Waals surface area contributed by atoms with E-state index in [4.69, 9.17) is 0 Å². The van der Waals surface area contributed by atoms with Gasteiger partial charge in [0.2, 0.25) is 5.92 Å². The van der Waals surface area contributed by atoms with E-state index < -0.39 is 31.4 Å². The van der Waals surface area contributed by atoms with Gasteiger partial charge in [-0.1, -0.05) is 6.92 Å². The number of hydrogen-bond donors (Lipinski definition) is 0. The van der Waals surface area contributed by atoms with Crippen molar-refractivity contribution < 1.29 is 22.0 Å². The van der Waals surface area contributed by atoms with Gasteiger partial charge in [-0.3, -0.25) is 0 Å². The molecule has 0 aromatic heterocycles. The third-order valence-corrected chi connectivity index (χ3v) is 1.29. The molecule has 0 aliphatic rings. The molecule has 0 aromatic carbocycles. The Morgan fingerprint density at radius 1 is 0.909 bits per heavy atom. The lowest BCUT2D eigenvalue weighted by molar-refractivity contribution is -0.151. The molecular formula is C6H9F5. The SMILES string of the molecule is CCC(F)(F)CCC(F)(F)F. The van der Waals surface area contributed by atoms with Crippen molar-refractivity contribution in [3.05, 3.63) is 0 Å². The first-order chi connectivity index (χ1) is 4.77. The second kappa shape index (κ2) is 3.36. The molecule has 0 rings (SSSR count). The number of hydrogen-bond acceptors (Lipinski definition) is 0. The van der Waals surface area contributed by atoms with Crippen LogP contribution in [0, 0.1) is 0 Å². The molecule has 0 radical (unpaired) electrons. The quantitative estimate of drug-likeness (QED) is 0.578. The number of halogens is 5. The zero-order chi connectivity index (χ0) is 9.12. The average Bonchev–Trinajstić information content (AvgIpc) is 1.83. The molecule has 0 bridgehead atoms. The molecule has 0 atom stereocenters. The number of alkyl halides is 5. The maximum atomic E-state index is 12.2. The van der Waals surface area contributed by atoms with Gasteiger partial charge in [0.05, 0.1) is 0 Å². The van der Waals surface area contributed by atoms with Crippen LogP contribution < -0.4 is 0 Å². The lowest BCUT2D eigenvalue weighted by Gasteiger charge is -2.14. The summed E-state index contributed by atoms with van der Waals surface area (Å²) >= 11 is 0. The van der Waals surface area contributed by atoms with E-state index in [1.165, 1.54) is 0 Å². The monoisotopic (exact) mass is 176 g/mol. The van der Waals surface area contributed by atoms with Crippen LogP contribution in [-0.2, 0) is 0 Å². The Labute approximate surface area is 61.4 Å². The largest absolute Gasteiger partial charge is 0.389 e. The van der Waals surface area contributed by atoms with Crippen molar-refractivity contribution >= 4 is 0 Å². The van der Waals surface area contributed by atoms with Crippen molar-refractivity contribution in [1.82, 2.24) is 0 Å². The maximum absolute atomic E-state index is 12.2. The van der Waals surface area contributed by atoms with Crippen LogP contribution in [0.5, 0.6) is 0 Å². The molecule has 0 fully saturated rings. The first kappa shape index (κ1) is 10.7. The van der Waals surface area contributed by atoms with Crippen LogP contribution in [0.1, 0.15) is 26.2 Å². The van der Waals surface area contributed by atoms with Crippen LogP contribution >= 0.6 is 0 Å². The smallest absolute Gasteiger partial charge is 0.207 e. The molecule has 68 valence electrons. The van der Waals surface area contributed by atoms with Crippen molar-refractivity contribution in [2.45, 2.75) is 38.3 Å². The average molecular weight is 176 g/mol. The Morgan fingerprint density at radius 2 is 1.36 bits per heavy atom. The van der Waals surface area contributed by atoms with E-state index in [1.807, 2.05) is 0 Å². The molecule has 0 saturated heterocycles. The lowest BCUT2D eigenvalue weighted by atomic mass is 10.1. The standard InChI is InChI=1S/C6H9F5/c1-2-5(7,8)3-4-6(9,10)11/h2-4H2,1H3. The predicted molar refractivity (Wildman–Crippen MR) is 30.5 cm³/mol. The van der Waals surface area contributed by atoms with Crippen LogP contribution in [0.2, 0.25) is 0 Å². The van der Waals surface area contributed by atoms with Crippen LogP contribution in [0.3, 0.4) is 0 Å². The van der Waals surface area contributed by atoms with Crippen molar-refractivity contribution in [3.8, 4) is 0 Å². The van der Waals surface area contributed by atoms with Gasteiger partial charge in [0.15, 0.2) is 0 Å². The van der Waals surface area contributed by atoms with Crippen LogP contribution in [-0.4, -0.2) is 12.1 Å². The van der Waals surface area contributed by atoms with Gasteiger partial charge in [0, 0.05) is 19.3 Å². The first-order valence-corrected chi connectivity index (χ1v) is 3.21. The van der Waals surface area contributed by atoms with E-state index in [0.29, 0.717) is 0 Å². The fourth-order valence-corrected chi connectivity index (χ4v) is 0.501. The highest BCUT2D eigenvalue weighted by Crippen LogP contribution is 2.30. The van der Waals surface area contributed by atoms with E-state index in [9.17, 15) is 22.0 Å². The van der Waals surface area contributed by atoms with Gasteiger partial charge in [-0.2, -0.15) is 13.2 Å². The van der Waals surface area contributed by atoms with E-state index >= 15 is 0 Å². The summed E-state index contributed by atoms with van der Waals surface area (Å²) in [5, 5.41) is 0. The molecule has 0 heterocycles. The Morgan fingerprint density at radius 3 is 1.64 bits per heavy atom.